The first kappa shape index (κ1) is 21.6. The van der Waals surface area contributed by atoms with E-state index in [1.165, 1.54) is 36.4 Å². The molecule has 0 unspecified atom stereocenters. The summed E-state index contributed by atoms with van der Waals surface area (Å²) >= 11 is 0. The summed E-state index contributed by atoms with van der Waals surface area (Å²) in [4.78, 5) is -0.0785. The van der Waals surface area contributed by atoms with Crippen LogP contribution in [0.4, 0.5) is 19.0 Å². The third kappa shape index (κ3) is 4.52. The van der Waals surface area contributed by atoms with Crippen LogP contribution in [0, 0.1) is 0 Å². The fourth-order valence-electron chi connectivity index (χ4n) is 3.36. The number of anilines is 1. The first-order valence-electron chi connectivity index (χ1n) is 9.61. The monoisotopic (exact) mass is 457 g/mol. The quantitative estimate of drug-likeness (QED) is 0.421. The highest BCUT2D eigenvalue weighted by Crippen LogP contribution is 2.42. The van der Waals surface area contributed by atoms with Gasteiger partial charge in [0.25, 0.3) is 10.0 Å². The number of halogens is 3. The first-order chi connectivity index (χ1) is 15.3. The highest BCUT2D eigenvalue weighted by atomic mass is 32.2. The van der Waals surface area contributed by atoms with Crippen molar-refractivity contribution in [3.63, 3.8) is 0 Å². The molecule has 5 nitrogen and oxygen atoms in total. The van der Waals surface area contributed by atoms with E-state index in [1.807, 2.05) is 0 Å². The molecule has 164 valence electrons. The van der Waals surface area contributed by atoms with Gasteiger partial charge in [-0.2, -0.15) is 18.3 Å². The van der Waals surface area contributed by atoms with Crippen LogP contribution in [0.25, 0.3) is 11.1 Å². The Kier molecular flexibility index (Phi) is 5.75. The molecule has 0 aliphatic rings. The smallest absolute Gasteiger partial charge is 0.261 e. The van der Waals surface area contributed by atoms with Gasteiger partial charge >= 0.3 is 6.18 Å². The first-order valence-corrected chi connectivity index (χ1v) is 11.1. The minimum absolute atomic E-state index is 0.0785. The molecule has 4 rings (SSSR count). The zero-order valence-corrected chi connectivity index (χ0v) is 17.4. The molecule has 3 aromatic carbocycles. The molecule has 0 amide bonds. The standard InChI is InChI=1S/C23H18F3N3O2S/c24-23(25,26)21-20(18-12-6-2-7-13-18)22(27-29(21)16-17-10-4-1-5-11-17)28-32(30,31)19-14-8-3-9-15-19/h1-15H,16H2,(H,27,28). The fourth-order valence-corrected chi connectivity index (χ4v) is 4.39. The summed E-state index contributed by atoms with van der Waals surface area (Å²) in [5.41, 5.74) is -0.561. The second kappa shape index (κ2) is 8.51. The number of alkyl halides is 3. The molecule has 0 radical (unpaired) electrons. The maximum atomic E-state index is 14.2. The van der Waals surface area contributed by atoms with E-state index in [2.05, 4.69) is 9.82 Å². The van der Waals surface area contributed by atoms with Crippen molar-refractivity contribution in [1.29, 1.82) is 0 Å². The van der Waals surface area contributed by atoms with Crippen LogP contribution in [0.2, 0.25) is 0 Å². The summed E-state index contributed by atoms with van der Waals surface area (Å²) < 4.78 is 71.5. The number of benzene rings is 3. The third-order valence-electron chi connectivity index (χ3n) is 4.74. The number of hydrogen-bond donors (Lipinski definition) is 1. The lowest BCUT2D eigenvalue weighted by Crippen LogP contribution is -2.16. The topological polar surface area (TPSA) is 64.0 Å². The number of rotatable bonds is 6. The molecule has 0 aliphatic carbocycles. The van der Waals surface area contributed by atoms with Gasteiger partial charge in [0.05, 0.1) is 17.0 Å². The van der Waals surface area contributed by atoms with Crippen LogP contribution < -0.4 is 4.72 Å². The van der Waals surface area contributed by atoms with E-state index in [-0.39, 0.29) is 28.4 Å². The van der Waals surface area contributed by atoms with Crippen LogP contribution in [0.1, 0.15) is 11.3 Å². The van der Waals surface area contributed by atoms with Crippen LogP contribution in [-0.4, -0.2) is 18.2 Å². The molecule has 0 saturated heterocycles. The number of aromatic nitrogens is 2. The van der Waals surface area contributed by atoms with Crippen LogP contribution in [0.3, 0.4) is 0 Å². The lowest BCUT2D eigenvalue weighted by Gasteiger charge is -2.13. The highest BCUT2D eigenvalue weighted by molar-refractivity contribution is 7.92. The SMILES string of the molecule is O=S(=O)(Nc1nn(Cc2ccccc2)c(C(F)(F)F)c1-c1ccccc1)c1ccccc1. The summed E-state index contributed by atoms with van der Waals surface area (Å²) in [5, 5.41) is 4.07. The minimum Gasteiger partial charge on any atom is -0.261 e. The number of nitrogens with one attached hydrogen (secondary N) is 1. The Hall–Kier alpha value is -3.59. The molecule has 0 saturated carbocycles. The highest BCUT2D eigenvalue weighted by Gasteiger charge is 2.41. The summed E-state index contributed by atoms with van der Waals surface area (Å²) in [6.07, 6.45) is -4.77. The molecule has 1 heterocycles. The second-order valence-corrected chi connectivity index (χ2v) is 8.68. The van der Waals surface area contributed by atoms with Crippen molar-refractivity contribution in [2.75, 3.05) is 4.72 Å². The van der Waals surface area contributed by atoms with Crippen molar-refractivity contribution in [2.45, 2.75) is 17.6 Å². The van der Waals surface area contributed by atoms with Crippen molar-refractivity contribution in [1.82, 2.24) is 9.78 Å². The van der Waals surface area contributed by atoms with E-state index >= 15 is 0 Å². The average Bonchev–Trinajstić information content (AvgIpc) is 3.13. The van der Waals surface area contributed by atoms with Gasteiger partial charge in [0.1, 0.15) is 0 Å². The fraction of sp³-hybridized carbons (Fsp3) is 0.0870. The van der Waals surface area contributed by atoms with Crippen molar-refractivity contribution >= 4 is 15.8 Å². The van der Waals surface area contributed by atoms with Gasteiger partial charge in [-0.15, -0.1) is 0 Å². The summed E-state index contributed by atoms with van der Waals surface area (Å²) in [6, 6.07) is 23.8. The van der Waals surface area contributed by atoms with Crippen LogP contribution in [0.5, 0.6) is 0 Å². The Bertz CT molecular complexity index is 1310. The molecule has 0 bridgehead atoms. The van der Waals surface area contributed by atoms with Crippen molar-refractivity contribution in [3.05, 3.63) is 102 Å². The van der Waals surface area contributed by atoms with Crippen LogP contribution in [0.15, 0.2) is 95.9 Å². The molecule has 0 atom stereocenters. The zero-order chi connectivity index (χ0) is 22.8. The molecule has 9 heteroatoms. The Morgan fingerprint density at radius 3 is 1.91 bits per heavy atom. The van der Waals surface area contributed by atoms with Gasteiger partial charge in [-0.3, -0.25) is 9.40 Å². The molecule has 32 heavy (non-hydrogen) atoms. The molecular weight excluding hydrogens is 439 g/mol. The van der Waals surface area contributed by atoms with E-state index in [0.717, 1.165) is 4.68 Å². The molecule has 0 aliphatic heterocycles. The Labute approximate surface area is 183 Å². The summed E-state index contributed by atoms with van der Waals surface area (Å²) in [6.45, 7) is -0.178. The largest absolute Gasteiger partial charge is 0.433 e. The molecule has 1 aromatic heterocycles. The van der Waals surface area contributed by atoms with Gasteiger partial charge in [0.15, 0.2) is 11.5 Å². The Balaban J connectivity index is 1.90. The van der Waals surface area contributed by atoms with E-state index in [0.29, 0.717) is 5.56 Å². The lowest BCUT2D eigenvalue weighted by atomic mass is 10.0. The van der Waals surface area contributed by atoms with Crippen LogP contribution in [-0.2, 0) is 22.7 Å². The normalized spacial score (nSPS) is 12.0. The molecule has 0 fully saturated rings. The van der Waals surface area contributed by atoms with Gasteiger partial charge in [0.2, 0.25) is 0 Å². The van der Waals surface area contributed by atoms with Crippen LogP contribution >= 0.6 is 0 Å². The van der Waals surface area contributed by atoms with Crippen molar-refractivity contribution in [2.24, 2.45) is 0 Å². The maximum Gasteiger partial charge on any atom is 0.433 e. The van der Waals surface area contributed by atoms with Gasteiger partial charge in [-0.25, -0.2) is 8.42 Å². The van der Waals surface area contributed by atoms with Gasteiger partial charge in [-0.1, -0.05) is 78.9 Å². The minimum atomic E-state index is -4.77. The Morgan fingerprint density at radius 2 is 1.34 bits per heavy atom. The van der Waals surface area contributed by atoms with E-state index in [4.69, 9.17) is 0 Å². The van der Waals surface area contributed by atoms with Gasteiger partial charge < -0.3 is 0 Å². The van der Waals surface area contributed by atoms with E-state index in [9.17, 15) is 21.6 Å². The van der Waals surface area contributed by atoms with E-state index in [1.54, 1.807) is 54.6 Å². The Morgan fingerprint density at radius 1 is 0.812 bits per heavy atom. The van der Waals surface area contributed by atoms with Crippen molar-refractivity contribution in [3.8, 4) is 11.1 Å². The average molecular weight is 457 g/mol. The molecule has 0 spiro atoms. The predicted molar refractivity (Wildman–Crippen MR) is 115 cm³/mol. The summed E-state index contributed by atoms with van der Waals surface area (Å²) in [7, 11) is -4.16. The lowest BCUT2D eigenvalue weighted by molar-refractivity contribution is -0.143. The van der Waals surface area contributed by atoms with Gasteiger partial charge in [-0.05, 0) is 23.3 Å². The number of hydrogen-bond acceptors (Lipinski definition) is 3. The molecule has 1 N–H and O–H groups in total. The zero-order valence-electron chi connectivity index (χ0n) is 16.6. The molecule has 4 aromatic rings. The second-order valence-electron chi connectivity index (χ2n) is 7.00. The number of sulfonamides is 1. The number of nitrogens with zero attached hydrogens (tertiary/aromatic N) is 2. The maximum absolute atomic E-state index is 14.2. The molecular formula is C23H18F3N3O2S. The van der Waals surface area contributed by atoms with E-state index < -0.39 is 21.9 Å². The predicted octanol–water partition coefficient (Wildman–Crippen LogP) is 5.42. The van der Waals surface area contributed by atoms with Gasteiger partial charge in [0, 0.05) is 0 Å². The van der Waals surface area contributed by atoms with Crippen molar-refractivity contribution < 1.29 is 21.6 Å². The third-order valence-corrected chi connectivity index (χ3v) is 6.10. The summed E-state index contributed by atoms with van der Waals surface area (Å²) in [5.74, 6) is -0.386.